The highest BCUT2D eigenvalue weighted by atomic mass is 16.5. The van der Waals surface area contributed by atoms with Crippen LogP contribution in [-0.4, -0.2) is 70.4 Å². The van der Waals surface area contributed by atoms with Crippen LogP contribution >= 0.6 is 0 Å². The maximum Gasteiger partial charge on any atom is 0.276 e. The molecule has 5 heterocycles. The third-order valence-corrected chi connectivity index (χ3v) is 5.63. The van der Waals surface area contributed by atoms with Crippen molar-refractivity contribution in [1.29, 1.82) is 0 Å². The predicted octanol–water partition coefficient (Wildman–Crippen LogP) is 2.09. The van der Waals surface area contributed by atoms with Crippen LogP contribution in [0.2, 0.25) is 0 Å². The molecule has 0 atom stereocenters. The van der Waals surface area contributed by atoms with Crippen LogP contribution in [0.25, 0.3) is 11.3 Å². The van der Waals surface area contributed by atoms with Crippen molar-refractivity contribution in [2.75, 3.05) is 49.1 Å². The summed E-state index contributed by atoms with van der Waals surface area (Å²) in [5.41, 5.74) is 1.11. The highest BCUT2D eigenvalue weighted by Crippen LogP contribution is 2.22. The van der Waals surface area contributed by atoms with Gasteiger partial charge in [0.05, 0.1) is 0 Å². The molecule has 0 N–H and O–H groups in total. The molecule has 3 aromatic heterocycles. The van der Waals surface area contributed by atoms with Gasteiger partial charge in [0.1, 0.15) is 0 Å². The Hall–Kier alpha value is -3.49. The van der Waals surface area contributed by atoms with Crippen LogP contribution in [0.4, 0.5) is 11.6 Å². The Labute approximate surface area is 174 Å². The van der Waals surface area contributed by atoms with Crippen LogP contribution in [0.1, 0.15) is 23.3 Å². The van der Waals surface area contributed by atoms with Crippen molar-refractivity contribution in [3.8, 4) is 11.3 Å². The van der Waals surface area contributed by atoms with E-state index in [1.54, 1.807) is 23.4 Å². The maximum absolute atomic E-state index is 12.8. The van der Waals surface area contributed by atoms with Gasteiger partial charge in [-0.1, -0.05) is 5.16 Å². The minimum absolute atomic E-state index is 0.121. The van der Waals surface area contributed by atoms with E-state index in [4.69, 9.17) is 4.52 Å². The van der Waals surface area contributed by atoms with E-state index in [0.717, 1.165) is 30.3 Å². The van der Waals surface area contributed by atoms with Gasteiger partial charge >= 0.3 is 0 Å². The lowest BCUT2D eigenvalue weighted by atomic mass is 10.2. The molecule has 0 radical (unpaired) electrons. The first-order chi connectivity index (χ1) is 14.8. The van der Waals surface area contributed by atoms with Crippen LogP contribution in [-0.2, 0) is 0 Å². The number of amides is 1. The number of pyridine rings is 1. The van der Waals surface area contributed by atoms with E-state index in [0.29, 0.717) is 37.6 Å². The van der Waals surface area contributed by atoms with Gasteiger partial charge in [-0.3, -0.25) is 9.78 Å². The van der Waals surface area contributed by atoms with Gasteiger partial charge in [0.15, 0.2) is 23.1 Å². The zero-order valence-electron chi connectivity index (χ0n) is 16.6. The number of rotatable bonds is 4. The van der Waals surface area contributed by atoms with Crippen molar-refractivity contribution in [2.24, 2.45) is 0 Å². The molecule has 0 aromatic carbocycles. The summed E-state index contributed by atoms with van der Waals surface area (Å²) in [6.45, 7) is 4.72. The van der Waals surface area contributed by atoms with E-state index in [2.05, 4.69) is 30.1 Å². The van der Waals surface area contributed by atoms with Gasteiger partial charge in [0.25, 0.3) is 5.91 Å². The average Bonchev–Trinajstić information content (AvgIpc) is 3.52. The van der Waals surface area contributed by atoms with Gasteiger partial charge in [-0.05, 0) is 37.1 Å². The van der Waals surface area contributed by atoms with Crippen LogP contribution < -0.4 is 9.80 Å². The number of hydrogen-bond acceptors (Lipinski definition) is 8. The molecule has 9 heteroatoms. The van der Waals surface area contributed by atoms with Gasteiger partial charge in [-0.2, -0.15) is 0 Å². The molecule has 0 unspecified atom stereocenters. The first kappa shape index (κ1) is 18.5. The van der Waals surface area contributed by atoms with Crippen molar-refractivity contribution < 1.29 is 9.32 Å². The molecular formula is C21H23N7O2. The van der Waals surface area contributed by atoms with E-state index in [9.17, 15) is 4.79 Å². The molecular weight excluding hydrogens is 382 g/mol. The summed E-state index contributed by atoms with van der Waals surface area (Å²) in [5.74, 6) is 2.22. The second kappa shape index (κ2) is 8.10. The van der Waals surface area contributed by atoms with Crippen molar-refractivity contribution in [3.63, 3.8) is 0 Å². The van der Waals surface area contributed by atoms with Gasteiger partial charge in [0, 0.05) is 63.3 Å². The largest absolute Gasteiger partial charge is 0.355 e. The molecule has 0 aliphatic carbocycles. The molecule has 154 valence electrons. The van der Waals surface area contributed by atoms with Gasteiger partial charge < -0.3 is 19.2 Å². The minimum atomic E-state index is -0.121. The van der Waals surface area contributed by atoms with E-state index < -0.39 is 0 Å². The summed E-state index contributed by atoms with van der Waals surface area (Å²) < 4.78 is 5.34. The number of carbonyl (C=O) groups excluding carboxylic acids is 1. The fraction of sp³-hybridized carbons (Fsp3) is 0.381. The SMILES string of the molecule is O=C(c1cc(-c2cccnc2)on1)N1CCN(c2ccc(N3CCCC3)nn2)CC1. The summed E-state index contributed by atoms with van der Waals surface area (Å²) in [6.07, 6.45) is 5.81. The van der Waals surface area contributed by atoms with Crippen LogP contribution in [0, 0.1) is 0 Å². The standard InChI is InChI=1S/C21H23N7O2/c29-21(17-14-18(30-25-17)16-4-3-7-22-15-16)28-12-10-27(11-13-28)20-6-5-19(23-24-20)26-8-1-2-9-26/h3-7,14-15H,1-2,8-13H2. The fourth-order valence-electron chi connectivity index (χ4n) is 3.92. The first-order valence-electron chi connectivity index (χ1n) is 10.3. The molecule has 0 bridgehead atoms. The minimum Gasteiger partial charge on any atom is -0.355 e. The molecule has 3 aromatic rings. The van der Waals surface area contributed by atoms with E-state index in [-0.39, 0.29) is 5.91 Å². The molecule has 0 spiro atoms. The Morgan fingerprint density at radius 3 is 2.23 bits per heavy atom. The van der Waals surface area contributed by atoms with Crippen molar-refractivity contribution in [2.45, 2.75) is 12.8 Å². The molecule has 9 nitrogen and oxygen atoms in total. The summed E-state index contributed by atoms with van der Waals surface area (Å²) in [6, 6.07) is 9.43. The van der Waals surface area contributed by atoms with Crippen molar-refractivity contribution >= 4 is 17.5 Å². The molecule has 2 fully saturated rings. The third-order valence-electron chi connectivity index (χ3n) is 5.63. The van der Waals surface area contributed by atoms with E-state index >= 15 is 0 Å². The van der Waals surface area contributed by atoms with Crippen molar-refractivity contribution in [1.82, 2.24) is 25.2 Å². The number of anilines is 2. The number of piperazine rings is 1. The molecule has 2 aliphatic heterocycles. The fourth-order valence-corrected chi connectivity index (χ4v) is 3.92. The van der Waals surface area contributed by atoms with Crippen LogP contribution in [0.15, 0.2) is 47.2 Å². The second-order valence-electron chi connectivity index (χ2n) is 7.54. The van der Waals surface area contributed by atoms with Crippen LogP contribution in [0.3, 0.4) is 0 Å². The average molecular weight is 405 g/mol. The molecule has 1 amide bonds. The molecule has 2 aliphatic rings. The quantitative estimate of drug-likeness (QED) is 0.652. The Morgan fingerprint density at radius 1 is 0.900 bits per heavy atom. The highest BCUT2D eigenvalue weighted by Gasteiger charge is 2.26. The molecule has 5 rings (SSSR count). The van der Waals surface area contributed by atoms with Crippen LogP contribution in [0.5, 0.6) is 0 Å². The number of hydrogen-bond donors (Lipinski definition) is 0. The van der Waals surface area contributed by atoms with Gasteiger partial charge in [-0.15, -0.1) is 10.2 Å². The zero-order chi connectivity index (χ0) is 20.3. The number of aromatic nitrogens is 4. The lowest BCUT2D eigenvalue weighted by molar-refractivity contribution is 0.0736. The maximum atomic E-state index is 12.8. The Bertz CT molecular complexity index is 992. The smallest absolute Gasteiger partial charge is 0.276 e. The second-order valence-corrected chi connectivity index (χ2v) is 7.54. The summed E-state index contributed by atoms with van der Waals surface area (Å²) >= 11 is 0. The summed E-state index contributed by atoms with van der Waals surface area (Å²) in [5, 5.41) is 12.8. The monoisotopic (exact) mass is 405 g/mol. The first-order valence-corrected chi connectivity index (χ1v) is 10.3. The van der Waals surface area contributed by atoms with Gasteiger partial charge in [-0.25, -0.2) is 0 Å². The van der Waals surface area contributed by atoms with Crippen molar-refractivity contribution in [3.05, 3.63) is 48.4 Å². The zero-order valence-corrected chi connectivity index (χ0v) is 16.6. The summed E-state index contributed by atoms with van der Waals surface area (Å²) in [4.78, 5) is 23.1. The number of nitrogens with zero attached hydrogens (tertiary/aromatic N) is 7. The summed E-state index contributed by atoms with van der Waals surface area (Å²) in [7, 11) is 0. The Morgan fingerprint density at radius 2 is 1.60 bits per heavy atom. The molecule has 30 heavy (non-hydrogen) atoms. The number of carbonyl (C=O) groups is 1. The Kier molecular flexibility index (Phi) is 5.00. The normalized spacial score (nSPS) is 16.9. The predicted molar refractivity (Wildman–Crippen MR) is 111 cm³/mol. The molecule has 0 saturated carbocycles. The van der Waals surface area contributed by atoms with E-state index in [1.807, 2.05) is 24.3 Å². The Balaban J connectivity index is 1.19. The molecule has 2 saturated heterocycles. The van der Waals surface area contributed by atoms with Gasteiger partial charge in [0.2, 0.25) is 0 Å². The highest BCUT2D eigenvalue weighted by molar-refractivity contribution is 5.93. The lowest BCUT2D eigenvalue weighted by Gasteiger charge is -2.34. The third kappa shape index (κ3) is 3.70. The lowest BCUT2D eigenvalue weighted by Crippen LogP contribution is -2.49. The van der Waals surface area contributed by atoms with E-state index in [1.165, 1.54) is 12.8 Å². The topological polar surface area (TPSA) is 91.5 Å².